The second-order valence-corrected chi connectivity index (χ2v) is 5.52. The van der Waals surface area contributed by atoms with Gasteiger partial charge in [0, 0.05) is 32.3 Å². The van der Waals surface area contributed by atoms with Crippen molar-refractivity contribution >= 4 is 5.91 Å². The van der Waals surface area contributed by atoms with Crippen LogP contribution < -0.4 is 5.32 Å². The molecule has 0 spiro atoms. The van der Waals surface area contributed by atoms with Gasteiger partial charge in [0.15, 0.2) is 0 Å². The number of amides is 1. The molecule has 2 rings (SSSR count). The van der Waals surface area contributed by atoms with E-state index in [4.69, 9.17) is 0 Å². The van der Waals surface area contributed by atoms with Crippen molar-refractivity contribution in [3.63, 3.8) is 0 Å². The molecule has 0 aromatic heterocycles. The maximum atomic E-state index is 12.2. The first-order chi connectivity index (χ1) is 8.18. The Morgan fingerprint density at radius 2 is 1.94 bits per heavy atom. The van der Waals surface area contributed by atoms with Crippen LogP contribution in [-0.4, -0.2) is 37.5 Å². The number of nitrogens with one attached hydrogen (secondary N) is 1. The summed E-state index contributed by atoms with van der Waals surface area (Å²) in [6, 6.07) is 0. The van der Waals surface area contributed by atoms with Gasteiger partial charge in [-0.3, -0.25) is 4.79 Å². The van der Waals surface area contributed by atoms with Crippen molar-refractivity contribution in [2.24, 2.45) is 5.92 Å². The summed E-state index contributed by atoms with van der Waals surface area (Å²) in [6.07, 6.45) is 6.67. The SMILES string of the molecule is CC(C(=O)N(C)CC1CCCCC1)=C1CNC1. The molecule has 3 heteroatoms. The van der Waals surface area contributed by atoms with Gasteiger partial charge in [-0.05, 0) is 31.3 Å². The van der Waals surface area contributed by atoms with Crippen LogP contribution >= 0.6 is 0 Å². The van der Waals surface area contributed by atoms with Crippen LogP contribution in [0, 0.1) is 5.92 Å². The van der Waals surface area contributed by atoms with Crippen LogP contribution in [-0.2, 0) is 4.79 Å². The lowest BCUT2D eigenvalue weighted by molar-refractivity contribution is -0.126. The smallest absolute Gasteiger partial charge is 0.249 e. The van der Waals surface area contributed by atoms with E-state index in [2.05, 4.69) is 5.32 Å². The zero-order valence-electron chi connectivity index (χ0n) is 11.1. The Hall–Kier alpha value is -0.830. The summed E-state index contributed by atoms with van der Waals surface area (Å²) in [4.78, 5) is 14.1. The van der Waals surface area contributed by atoms with Gasteiger partial charge in [0.25, 0.3) is 0 Å². The molecular weight excluding hydrogens is 212 g/mol. The van der Waals surface area contributed by atoms with Crippen molar-refractivity contribution < 1.29 is 4.79 Å². The zero-order valence-corrected chi connectivity index (χ0v) is 11.1. The molecule has 0 aromatic carbocycles. The Balaban J connectivity index is 1.86. The summed E-state index contributed by atoms with van der Waals surface area (Å²) in [5.74, 6) is 0.960. The fraction of sp³-hybridized carbons (Fsp3) is 0.786. The molecule has 1 heterocycles. The monoisotopic (exact) mass is 236 g/mol. The minimum atomic E-state index is 0.229. The first kappa shape index (κ1) is 12.6. The highest BCUT2D eigenvalue weighted by molar-refractivity contribution is 5.93. The first-order valence-electron chi connectivity index (χ1n) is 6.83. The summed E-state index contributed by atoms with van der Waals surface area (Å²) in [5.41, 5.74) is 2.24. The van der Waals surface area contributed by atoms with Gasteiger partial charge in [-0.2, -0.15) is 0 Å². The molecule has 1 saturated carbocycles. The highest BCUT2D eigenvalue weighted by Crippen LogP contribution is 2.24. The minimum Gasteiger partial charge on any atom is -0.342 e. The van der Waals surface area contributed by atoms with Gasteiger partial charge in [-0.15, -0.1) is 0 Å². The molecular formula is C14H24N2O. The molecule has 0 unspecified atom stereocenters. The van der Waals surface area contributed by atoms with Crippen molar-refractivity contribution in [3.8, 4) is 0 Å². The van der Waals surface area contributed by atoms with E-state index >= 15 is 0 Å². The summed E-state index contributed by atoms with van der Waals surface area (Å²) < 4.78 is 0. The second kappa shape index (κ2) is 5.67. The van der Waals surface area contributed by atoms with Crippen molar-refractivity contribution in [2.75, 3.05) is 26.7 Å². The van der Waals surface area contributed by atoms with Crippen LogP contribution in [0.1, 0.15) is 39.0 Å². The lowest BCUT2D eigenvalue weighted by Gasteiger charge is -2.29. The average Bonchev–Trinajstić information content (AvgIpc) is 2.27. The van der Waals surface area contributed by atoms with Crippen molar-refractivity contribution in [2.45, 2.75) is 39.0 Å². The fourth-order valence-corrected chi connectivity index (χ4v) is 2.79. The number of hydrogen-bond donors (Lipinski definition) is 1. The molecule has 1 aliphatic carbocycles. The molecule has 1 N–H and O–H groups in total. The van der Waals surface area contributed by atoms with Gasteiger partial charge < -0.3 is 10.2 Å². The van der Waals surface area contributed by atoms with Crippen LogP contribution in [0.5, 0.6) is 0 Å². The molecule has 2 fully saturated rings. The largest absolute Gasteiger partial charge is 0.342 e. The highest BCUT2D eigenvalue weighted by atomic mass is 16.2. The standard InChI is InChI=1S/C14H24N2O/c1-11(13-8-15-9-13)14(17)16(2)10-12-6-4-3-5-7-12/h12,15H,3-10H2,1-2H3. The Kier molecular flexibility index (Phi) is 4.21. The molecule has 0 aromatic rings. The van der Waals surface area contributed by atoms with Gasteiger partial charge in [0.2, 0.25) is 5.91 Å². The quantitative estimate of drug-likeness (QED) is 0.760. The molecule has 1 saturated heterocycles. The number of likely N-dealkylation sites (N-methyl/N-ethyl adjacent to an activating group) is 1. The zero-order chi connectivity index (χ0) is 12.3. The lowest BCUT2D eigenvalue weighted by atomic mass is 9.89. The number of rotatable bonds is 3. The van der Waals surface area contributed by atoms with E-state index in [0.717, 1.165) is 31.1 Å². The third-order valence-electron chi connectivity index (χ3n) is 4.13. The number of nitrogens with zero attached hydrogens (tertiary/aromatic N) is 1. The molecule has 1 amide bonds. The maximum absolute atomic E-state index is 12.2. The van der Waals surface area contributed by atoms with Crippen LogP contribution in [0.15, 0.2) is 11.1 Å². The van der Waals surface area contributed by atoms with Crippen molar-refractivity contribution in [3.05, 3.63) is 11.1 Å². The van der Waals surface area contributed by atoms with Crippen molar-refractivity contribution in [1.82, 2.24) is 10.2 Å². The molecule has 17 heavy (non-hydrogen) atoms. The second-order valence-electron chi connectivity index (χ2n) is 5.52. The minimum absolute atomic E-state index is 0.229. The van der Waals surface area contributed by atoms with E-state index in [1.54, 1.807) is 0 Å². The summed E-state index contributed by atoms with van der Waals surface area (Å²) >= 11 is 0. The topological polar surface area (TPSA) is 32.3 Å². The van der Waals surface area contributed by atoms with Crippen LogP contribution in [0.2, 0.25) is 0 Å². The van der Waals surface area contributed by atoms with Gasteiger partial charge in [-0.1, -0.05) is 19.3 Å². The van der Waals surface area contributed by atoms with E-state index < -0.39 is 0 Å². The summed E-state index contributed by atoms with van der Waals surface area (Å²) in [7, 11) is 1.95. The van der Waals surface area contributed by atoms with E-state index in [0.29, 0.717) is 0 Å². The summed E-state index contributed by atoms with van der Waals surface area (Å²) in [5, 5.41) is 3.19. The number of hydrogen-bond acceptors (Lipinski definition) is 2. The molecule has 0 bridgehead atoms. The van der Waals surface area contributed by atoms with E-state index in [9.17, 15) is 4.79 Å². The molecule has 0 atom stereocenters. The van der Waals surface area contributed by atoms with Crippen molar-refractivity contribution in [1.29, 1.82) is 0 Å². The molecule has 0 radical (unpaired) electrons. The van der Waals surface area contributed by atoms with Gasteiger partial charge in [-0.25, -0.2) is 0 Å². The van der Waals surface area contributed by atoms with Gasteiger partial charge >= 0.3 is 0 Å². The van der Waals surface area contributed by atoms with Gasteiger partial charge in [0.1, 0.15) is 0 Å². The lowest BCUT2D eigenvalue weighted by Crippen LogP contribution is -2.39. The Morgan fingerprint density at radius 3 is 2.47 bits per heavy atom. The highest BCUT2D eigenvalue weighted by Gasteiger charge is 2.22. The average molecular weight is 236 g/mol. The maximum Gasteiger partial charge on any atom is 0.249 e. The molecule has 1 aliphatic heterocycles. The van der Waals surface area contributed by atoms with Crippen LogP contribution in [0.25, 0.3) is 0 Å². The Morgan fingerprint density at radius 1 is 1.29 bits per heavy atom. The van der Waals surface area contributed by atoms with Crippen LogP contribution in [0.4, 0.5) is 0 Å². The van der Waals surface area contributed by atoms with E-state index in [1.807, 2.05) is 18.9 Å². The Labute approximate surface area is 104 Å². The fourth-order valence-electron chi connectivity index (χ4n) is 2.79. The van der Waals surface area contributed by atoms with E-state index in [-0.39, 0.29) is 5.91 Å². The molecule has 3 nitrogen and oxygen atoms in total. The summed E-state index contributed by atoms with van der Waals surface area (Å²) in [6.45, 7) is 4.70. The molecule has 96 valence electrons. The van der Waals surface area contributed by atoms with Gasteiger partial charge in [0.05, 0.1) is 0 Å². The number of carbonyl (C=O) groups is 1. The third-order valence-corrected chi connectivity index (χ3v) is 4.13. The predicted molar refractivity (Wildman–Crippen MR) is 69.8 cm³/mol. The predicted octanol–water partition coefficient (Wildman–Crippen LogP) is 1.94. The first-order valence-corrected chi connectivity index (χ1v) is 6.83. The third kappa shape index (κ3) is 3.09. The normalized spacial score (nSPS) is 20.9. The molecule has 2 aliphatic rings. The van der Waals surface area contributed by atoms with E-state index in [1.165, 1.54) is 37.7 Å². The van der Waals surface area contributed by atoms with Crippen LogP contribution in [0.3, 0.4) is 0 Å². The Bertz CT molecular complexity index is 310. The number of carbonyl (C=O) groups excluding carboxylic acids is 1.